The van der Waals surface area contributed by atoms with Gasteiger partial charge in [-0.05, 0) is 24.3 Å². The van der Waals surface area contributed by atoms with Crippen molar-refractivity contribution in [3.05, 3.63) is 24.3 Å². The predicted octanol–water partition coefficient (Wildman–Crippen LogP) is 0.123. The number of fused-ring (bicyclic) bond motifs is 1. The monoisotopic (exact) mass is 290 g/mol. The van der Waals surface area contributed by atoms with E-state index in [1.807, 2.05) is 0 Å². The minimum absolute atomic E-state index is 0.222. The molecule has 0 bridgehead atoms. The van der Waals surface area contributed by atoms with Gasteiger partial charge in [0, 0.05) is 5.39 Å². The number of hydrogen-bond acceptors (Lipinski definition) is 6. The molecule has 2 heterocycles. The molecule has 0 saturated carbocycles. The summed E-state index contributed by atoms with van der Waals surface area (Å²) in [6, 6.07) is 4.69. The minimum Gasteiger partial charge on any atom is -0.281 e. The van der Waals surface area contributed by atoms with Crippen molar-refractivity contribution in [2.75, 3.05) is 0 Å². The number of aromatic nitrogens is 2. The van der Waals surface area contributed by atoms with Crippen LogP contribution in [-0.2, 0) is 20.2 Å². The maximum absolute atomic E-state index is 10.9. The maximum atomic E-state index is 10.9. The van der Waals surface area contributed by atoms with Gasteiger partial charge < -0.3 is 0 Å². The molecule has 0 unspecified atom stereocenters. The highest BCUT2D eigenvalue weighted by atomic mass is 32.2. The van der Waals surface area contributed by atoms with Crippen LogP contribution in [-0.4, -0.2) is 35.9 Å². The lowest BCUT2D eigenvalue weighted by Crippen LogP contribution is -2.04. The molecule has 18 heavy (non-hydrogen) atoms. The van der Waals surface area contributed by atoms with Crippen LogP contribution in [0.4, 0.5) is 0 Å². The summed E-state index contributed by atoms with van der Waals surface area (Å²) in [5, 5.41) is -0.959. The van der Waals surface area contributed by atoms with Gasteiger partial charge in [0.2, 0.25) is 0 Å². The lowest BCUT2D eigenvalue weighted by Gasteiger charge is -2.01. The Labute approximate surface area is 102 Å². The third kappa shape index (κ3) is 2.46. The Morgan fingerprint density at radius 2 is 1.17 bits per heavy atom. The number of hydrogen-bond donors (Lipinski definition) is 2. The van der Waals surface area contributed by atoms with Gasteiger partial charge in [-0.25, -0.2) is 9.97 Å². The summed E-state index contributed by atoms with van der Waals surface area (Å²) in [4.78, 5) is 6.99. The molecular weight excluding hydrogens is 284 g/mol. The fraction of sp³-hybridized carbons (Fsp3) is 0. The van der Waals surface area contributed by atoms with Crippen LogP contribution < -0.4 is 0 Å². The molecule has 0 aliphatic carbocycles. The van der Waals surface area contributed by atoms with E-state index in [1.165, 1.54) is 12.1 Å². The molecule has 0 fully saturated rings. The Kier molecular flexibility index (Phi) is 2.81. The van der Waals surface area contributed by atoms with Gasteiger partial charge in [-0.1, -0.05) is 0 Å². The highest BCUT2D eigenvalue weighted by Gasteiger charge is 2.15. The van der Waals surface area contributed by atoms with Crippen molar-refractivity contribution in [2.45, 2.75) is 10.1 Å². The van der Waals surface area contributed by atoms with Gasteiger partial charge in [0.25, 0.3) is 0 Å². The Bertz CT molecular complexity index is 761. The van der Waals surface area contributed by atoms with Crippen LogP contribution >= 0.6 is 0 Å². The van der Waals surface area contributed by atoms with Crippen LogP contribution in [0.5, 0.6) is 0 Å². The molecule has 0 saturated heterocycles. The van der Waals surface area contributed by atoms with Crippen LogP contribution in [0, 0.1) is 0 Å². The van der Waals surface area contributed by atoms with E-state index in [2.05, 4.69) is 9.97 Å². The molecule has 0 atom stereocenters. The average Bonchev–Trinajstić information content (AvgIpc) is 2.25. The van der Waals surface area contributed by atoms with Crippen molar-refractivity contribution >= 4 is 31.3 Å². The van der Waals surface area contributed by atoms with Crippen LogP contribution in [0.1, 0.15) is 0 Å². The summed E-state index contributed by atoms with van der Waals surface area (Å²) >= 11 is 0. The van der Waals surface area contributed by atoms with Crippen molar-refractivity contribution < 1.29 is 25.9 Å². The molecule has 2 rings (SSSR count). The quantitative estimate of drug-likeness (QED) is 0.745. The van der Waals surface area contributed by atoms with Crippen molar-refractivity contribution in [3.63, 3.8) is 0 Å². The highest BCUT2D eigenvalue weighted by molar-refractivity contribution is 7.86. The second-order valence-corrected chi connectivity index (χ2v) is 6.03. The molecule has 10 heteroatoms. The molecule has 0 radical (unpaired) electrons. The van der Waals surface area contributed by atoms with E-state index < -0.39 is 30.3 Å². The van der Waals surface area contributed by atoms with Crippen LogP contribution in [0.25, 0.3) is 11.0 Å². The van der Waals surface area contributed by atoms with Crippen LogP contribution in [0.3, 0.4) is 0 Å². The van der Waals surface area contributed by atoms with Gasteiger partial charge in [0.05, 0.1) is 0 Å². The topological polar surface area (TPSA) is 135 Å². The first-order chi connectivity index (χ1) is 8.18. The van der Waals surface area contributed by atoms with Gasteiger partial charge >= 0.3 is 20.2 Å². The predicted molar refractivity (Wildman–Crippen MR) is 59.2 cm³/mol. The summed E-state index contributed by atoms with van der Waals surface area (Å²) in [5.41, 5.74) is -0.222. The van der Waals surface area contributed by atoms with Crippen molar-refractivity contribution in [1.29, 1.82) is 0 Å². The number of nitrogens with zero attached hydrogens (tertiary/aromatic N) is 2. The number of pyridine rings is 2. The molecular formula is C8H6N2O6S2. The lowest BCUT2D eigenvalue weighted by molar-refractivity contribution is 0.478. The summed E-state index contributed by atoms with van der Waals surface area (Å²) in [5.74, 6) is 0. The molecule has 0 aliphatic rings. The molecule has 2 aromatic heterocycles. The van der Waals surface area contributed by atoms with Gasteiger partial charge in [-0.3, -0.25) is 9.11 Å². The van der Waals surface area contributed by atoms with Crippen molar-refractivity contribution in [2.24, 2.45) is 0 Å². The first-order valence-electron chi connectivity index (χ1n) is 4.41. The zero-order chi connectivity index (χ0) is 13.6. The molecule has 96 valence electrons. The second-order valence-electron chi connectivity index (χ2n) is 3.30. The summed E-state index contributed by atoms with van der Waals surface area (Å²) in [6.45, 7) is 0. The van der Waals surface area contributed by atoms with Gasteiger partial charge in [-0.15, -0.1) is 0 Å². The molecule has 0 amide bonds. The normalized spacial score (nSPS) is 12.8. The fourth-order valence-electron chi connectivity index (χ4n) is 1.25. The Morgan fingerprint density at radius 1 is 0.778 bits per heavy atom. The number of rotatable bonds is 2. The molecule has 2 aromatic rings. The largest absolute Gasteiger partial charge is 0.312 e. The van der Waals surface area contributed by atoms with Crippen LogP contribution in [0.2, 0.25) is 0 Å². The second kappa shape index (κ2) is 3.95. The zero-order valence-electron chi connectivity index (χ0n) is 8.55. The van der Waals surface area contributed by atoms with E-state index in [0.717, 1.165) is 12.1 Å². The Morgan fingerprint density at radius 3 is 1.50 bits per heavy atom. The third-order valence-corrected chi connectivity index (χ3v) is 3.54. The Hall–Kier alpha value is -1.62. The lowest BCUT2D eigenvalue weighted by atomic mass is 10.3. The van der Waals surface area contributed by atoms with E-state index in [0.29, 0.717) is 5.39 Å². The summed E-state index contributed by atoms with van der Waals surface area (Å²) < 4.78 is 61.0. The van der Waals surface area contributed by atoms with Gasteiger partial charge in [-0.2, -0.15) is 16.8 Å². The fourth-order valence-corrected chi connectivity index (χ4v) is 2.14. The van der Waals surface area contributed by atoms with E-state index in [9.17, 15) is 16.8 Å². The molecule has 0 aromatic carbocycles. The maximum Gasteiger partial charge on any atom is 0.312 e. The zero-order valence-corrected chi connectivity index (χ0v) is 10.2. The first kappa shape index (κ1) is 12.8. The smallest absolute Gasteiger partial charge is 0.281 e. The van der Waals surface area contributed by atoms with E-state index in [-0.39, 0.29) is 5.65 Å². The molecule has 0 spiro atoms. The SMILES string of the molecule is O=S(=O)(O)c1ccc2ccc(S(=O)(=O)O)nc2n1. The third-order valence-electron chi connectivity index (χ3n) is 2.03. The average molecular weight is 290 g/mol. The van der Waals surface area contributed by atoms with Crippen molar-refractivity contribution in [3.8, 4) is 0 Å². The summed E-state index contributed by atoms with van der Waals surface area (Å²) in [7, 11) is -9.01. The summed E-state index contributed by atoms with van der Waals surface area (Å²) in [6.07, 6.45) is 0. The highest BCUT2D eigenvalue weighted by Crippen LogP contribution is 2.16. The Balaban J connectivity index is 2.76. The van der Waals surface area contributed by atoms with E-state index >= 15 is 0 Å². The van der Waals surface area contributed by atoms with Crippen LogP contribution in [0.15, 0.2) is 34.3 Å². The standard InChI is InChI=1S/C8H6N2O6S2/c11-17(12,13)6-3-1-5-2-4-7(18(14,15)16)10-8(5)9-6/h1-4H,(H,11,12,13)(H,14,15,16). The molecule has 2 N–H and O–H groups in total. The van der Waals surface area contributed by atoms with Crippen molar-refractivity contribution in [1.82, 2.24) is 9.97 Å². The van der Waals surface area contributed by atoms with E-state index in [4.69, 9.17) is 9.11 Å². The minimum atomic E-state index is -4.51. The molecule has 8 nitrogen and oxygen atoms in total. The van der Waals surface area contributed by atoms with Gasteiger partial charge in [0.15, 0.2) is 15.7 Å². The van der Waals surface area contributed by atoms with E-state index in [1.54, 1.807) is 0 Å². The molecule has 0 aliphatic heterocycles. The van der Waals surface area contributed by atoms with Gasteiger partial charge in [0.1, 0.15) is 0 Å². The first-order valence-corrected chi connectivity index (χ1v) is 7.29.